The van der Waals surface area contributed by atoms with E-state index < -0.39 is 31.7 Å². The van der Waals surface area contributed by atoms with Gasteiger partial charge >= 0.3 is 0 Å². The van der Waals surface area contributed by atoms with E-state index in [1.807, 2.05) is 0 Å². The lowest BCUT2D eigenvalue weighted by Crippen LogP contribution is -2.50. The topological polar surface area (TPSA) is 74.8 Å². The molecule has 6 nitrogen and oxygen atoms in total. The van der Waals surface area contributed by atoms with Crippen molar-refractivity contribution in [1.29, 1.82) is 0 Å². The van der Waals surface area contributed by atoms with E-state index in [-0.39, 0.29) is 31.1 Å². The fourth-order valence-corrected chi connectivity index (χ4v) is 4.29. The SMILES string of the molecule is CS(=O)(=O)N1CCN(S(=O)(=O)c2ccc(F)c(F)c2)CC1. The highest BCUT2D eigenvalue weighted by Crippen LogP contribution is 2.20. The van der Waals surface area contributed by atoms with Crippen LogP contribution in [0.1, 0.15) is 0 Å². The number of piperazine rings is 1. The molecule has 2 rings (SSSR count). The van der Waals surface area contributed by atoms with Gasteiger partial charge in [0.2, 0.25) is 20.0 Å². The highest BCUT2D eigenvalue weighted by molar-refractivity contribution is 7.89. The van der Waals surface area contributed by atoms with Gasteiger partial charge in [0.05, 0.1) is 11.2 Å². The van der Waals surface area contributed by atoms with Crippen molar-refractivity contribution in [2.45, 2.75) is 4.90 Å². The Morgan fingerprint density at radius 2 is 1.43 bits per heavy atom. The Balaban J connectivity index is 2.20. The summed E-state index contributed by atoms with van der Waals surface area (Å²) in [4.78, 5) is -0.353. The third-order valence-corrected chi connectivity index (χ3v) is 6.39. The molecule has 0 N–H and O–H groups in total. The summed E-state index contributed by atoms with van der Waals surface area (Å²) in [6, 6.07) is 2.35. The summed E-state index contributed by atoms with van der Waals surface area (Å²) in [5, 5.41) is 0. The van der Waals surface area contributed by atoms with Crippen LogP contribution < -0.4 is 0 Å². The zero-order valence-electron chi connectivity index (χ0n) is 11.2. The largest absolute Gasteiger partial charge is 0.243 e. The van der Waals surface area contributed by atoms with Crippen LogP contribution in [-0.2, 0) is 20.0 Å². The van der Waals surface area contributed by atoms with Crippen LogP contribution in [0.4, 0.5) is 8.78 Å². The van der Waals surface area contributed by atoms with Crippen molar-refractivity contribution in [3.8, 4) is 0 Å². The molecule has 1 aliphatic heterocycles. The molecular formula is C11H14F2N2O4S2. The molecule has 1 fully saturated rings. The standard InChI is InChI=1S/C11H14F2N2O4S2/c1-20(16,17)14-4-6-15(7-5-14)21(18,19)9-2-3-10(12)11(13)8-9/h2-3,8H,4-7H2,1H3. The van der Waals surface area contributed by atoms with Gasteiger partial charge in [-0.1, -0.05) is 0 Å². The predicted octanol–water partition coefficient (Wildman–Crippen LogP) is 0.231. The number of hydrogen-bond acceptors (Lipinski definition) is 4. The molecule has 1 heterocycles. The smallest absolute Gasteiger partial charge is 0.213 e. The second-order valence-corrected chi connectivity index (χ2v) is 8.56. The number of nitrogens with zero attached hydrogens (tertiary/aromatic N) is 2. The van der Waals surface area contributed by atoms with E-state index in [0.29, 0.717) is 6.07 Å². The third kappa shape index (κ3) is 3.39. The van der Waals surface area contributed by atoms with Gasteiger partial charge in [0.1, 0.15) is 0 Å². The fraction of sp³-hybridized carbons (Fsp3) is 0.455. The van der Waals surface area contributed by atoms with Gasteiger partial charge < -0.3 is 0 Å². The molecule has 0 unspecified atom stereocenters. The number of benzene rings is 1. The Morgan fingerprint density at radius 3 is 1.90 bits per heavy atom. The van der Waals surface area contributed by atoms with Gasteiger partial charge in [0.15, 0.2) is 11.6 Å². The molecule has 0 aliphatic carbocycles. The average Bonchev–Trinajstić information content (AvgIpc) is 2.41. The minimum atomic E-state index is -3.97. The highest BCUT2D eigenvalue weighted by Gasteiger charge is 2.31. The normalized spacial score (nSPS) is 18.8. The van der Waals surface area contributed by atoms with E-state index in [4.69, 9.17) is 0 Å². The molecule has 0 saturated carbocycles. The quantitative estimate of drug-likeness (QED) is 0.789. The fourth-order valence-electron chi connectivity index (χ4n) is 2.03. The van der Waals surface area contributed by atoms with Crippen LogP contribution in [-0.4, -0.2) is 57.9 Å². The van der Waals surface area contributed by atoms with Crippen molar-refractivity contribution in [2.75, 3.05) is 32.4 Å². The van der Waals surface area contributed by atoms with Gasteiger partial charge in [-0.25, -0.2) is 25.6 Å². The molecule has 10 heteroatoms. The first-order valence-corrected chi connectivity index (χ1v) is 9.31. The molecule has 1 aliphatic rings. The van der Waals surface area contributed by atoms with Crippen molar-refractivity contribution in [1.82, 2.24) is 8.61 Å². The van der Waals surface area contributed by atoms with Crippen LogP contribution in [0.2, 0.25) is 0 Å². The first-order chi connectivity index (χ1) is 9.62. The van der Waals surface area contributed by atoms with Crippen molar-refractivity contribution in [3.05, 3.63) is 29.8 Å². The summed E-state index contributed by atoms with van der Waals surface area (Å²) >= 11 is 0. The summed E-state index contributed by atoms with van der Waals surface area (Å²) in [6.45, 7) is -0.00766. The van der Waals surface area contributed by atoms with Gasteiger partial charge in [-0.2, -0.15) is 8.61 Å². The van der Waals surface area contributed by atoms with Gasteiger partial charge in [-0.05, 0) is 18.2 Å². The molecule has 0 bridgehead atoms. The summed E-state index contributed by atoms with van der Waals surface area (Å²) < 4.78 is 75.5. The number of hydrogen-bond donors (Lipinski definition) is 0. The predicted molar refractivity (Wildman–Crippen MR) is 71.5 cm³/mol. The van der Waals surface area contributed by atoms with Gasteiger partial charge in [0.25, 0.3) is 0 Å². The zero-order chi connectivity index (χ0) is 15.8. The van der Waals surface area contributed by atoms with Crippen LogP contribution in [0.5, 0.6) is 0 Å². The highest BCUT2D eigenvalue weighted by atomic mass is 32.2. The monoisotopic (exact) mass is 340 g/mol. The molecule has 0 aromatic heterocycles. The average molecular weight is 340 g/mol. The molecule has 1 saturated heterocycles. The lowest BCUT2D eigenvalue weighted by Gasteiger charge is -2.32. The second-order valence-electron chi connectivity index (χ2n) is 4.64. The Bertz CT molecular complexity index is 741. The Hall–Kier alpha value is -1.10. The summed E-state index contributed by atoms with van der Waals surface area (Å²) in [5.41, 5.74) is 0. The Kier molecular flexibility index (Phi) is 4.34. The van der Waals surface area contributed by atoms with Gasteiger partial charge in [0, 0.05) is 26.2 Å². The molecular weight excluding hydrogens is 326 g/mol. The summed E-state index contributed by atoms with van der Waals surface area (Å²) in [7, 11) is -7.33. The number of halogens is 2. The van der Waals surface area contributed by atoms with Gasteiger partial charge in [-0.15, -0.1) is 0 Å². The van der Waals surface area contributed by atoms with E-state index in [1.165, 1.54) is 4.31 Å². The van der Waals surface area contributed by atoms with E-state index in [9.17, 15) is 25.6 Å². The maximum Gasteiger partial charge on any atom is 0.243 e. The first-order valence-electron chi connectivity index (χ1n) is 6.03. The second kappa shape index (κ2) is 5.59. The van der Waals surface area contributed by atoms with Crippen molar-refractivity contribution >= 4 is 20.0 Å². The van der Waals surface area contributed by atoms with Crippen molar-refractivity contribution in [2.24, 2.45) is 0 Å². The van der Waals surface area contributed by atoms with Crippen molar-refractivity contribution in [3.63, 3.8) is 0 Å². The molecule has 1 aromatic carbocycles. The molecule has 21 heavy (non-hydrogen) atoms. The van der Waals surface area contributed by atoms with E-state index in [2.05, 4.69) is 0 Å². The maximum atomic E-state index is 13.1. The minimum Gasteiger partial charge on any atom is -0.213 e. The maximum absolute atomic E-state index is 13.1. The Labute approximate surface area is 122 Å². The molecule has 0 radical (unpaired) electrons. The first kappa shape index (κ1) is 16.3. The van der Waals surface area contributed by atoms with Crippen molar-refractivity contribution < 1.29 is 25.6 Å². The molecule has 0 atom stereocenters. The van der Waals surface area contributed by atoms with Crippen LogP contribution in [0.25, 0.3) is 0 Å². The van der Waals surface area contributed by atoms with Crippen LogP contribution >= 0.6 is 0 Å². The lowest BCUT2D eigenvalue weighted by atomic mass is 10.3. The summed E-state index contributed by atoms with van der Waals surface area (Å²) in [5.74, 6) is -2.37. The lowest BCUT2D eigenvalue weighted by molar-refractivity contribution is 0.274. The summed E-state index contributed by atoms with van der Waals surface area (Å²) in [6.07, 6.45) is 1.05. The number of sulfonamides is 2. The molecule has 118 valence electrons. The molecule has 1 aromatic rings. The van der Waals surface area contributed by atoms with Crippen LogP contribution in [0.3, 0.4) is 0 Å². The van der Waals surface area contributed by atoms with E-state index in [0.717, 1.165) is 22.7 Å². The van der Waals surface area contributed by atoms with E-state index >= 15 is 0 Å². The molecule has 0 spiro atoms. The van der Waals surface area contributed by atoms with E-state index in [1.54, 1.807) is 0 Å². The van der Waals surface area contributed by atoms with Crippen LogP contribution in [0, 0.1) is 11.6 Å². The minimum absolute atomic E-state index is 0.0295. The van der Waals surface area contributed by atoms with Gasteiger partial charge in [-0.3, -0.25) is 0 Å². The molecule has 0 amide bonds. The third-order valence-electron chi connectivity index (χ3n) is 3.20. The Morgan fingerprint density at radius 1 is 0.905 bits per heavy atom. The zero-order valence-corrected chi connectivity index (χ0v) is 12.8. The number of rotatable bonds is 3. The van der Waals surface area contributed by atoms with Crippen LogP contribution in [0.15, 0.2) is 23.1 Å².